The van der Waals surface area contributed by atoms with Gasteiger partial charge in [0.25, 0.3) is 5.91 Å². The Kier molecular flexibility index (Phi) is 5.76. The number of anilines is 1. The number of benzene rings is 2. The quantitative estimate of drug-likeness (QED) is 0.301. The molecule has 8 nitrogen and oxygen atoms in total. The van der Waals surface area contributed by atoms with Crippen molar-refractivity contribution in [2.24, 2.45) is 0 Å². The van der Waals surface area contributed by atoms with Crippen LogP contribution in [0.4, 0.5) is 10.1 Å². The number of nitrogens with one attached hydrogen (secondary N) is 2. The van der Waals surface area contributed by atoms with Gasteiger partial charge in [-0.05, 0) is 52.3 Å². The van der Waals surface area contributed by atoms with Gasteiger partial charge in [-0.2, -0.15) is 5.10 Å². The van der Waals surface area contributed by atoms with Crippen LogP contribution in [0, 0.1) is 5.82 Å². The van der Waals surface area contributed by atoms with Crippen molar-refractivity contribution in [1.82, 2.24) is 24.7 Å². The van der Waals surface area contributed by atoms with Crippen LogP contribution < -0.4 is 10.1 Å². The molecule has 0 saturated carbocycles. The third kappa shape index (κ3) is 3.91. The molecule has 170 valence electrons. The van der Waals surface area contributed by atoms with E-state index in [0.717, 1.165) is 0 Å². The van der Waals surface area contributed by atoms with Gasteiger partial charge in [0, 0.05) is 12.3 Å². The van der Waals surface area contributed by atoms with Crippen molar-refractivity contribution >= 4 is 50.2 Å². The van der Waals surface area contributed by atoms with E-state index in [1.165, 1.54) is 19.2 Å². The summed E-state index contributed by atoms with van der Waals surface area (Å²) in [6.07, 6.45) is 1.61. The minimum absolute atomic E-state index is 0.0467. The fraction of sp³-hybridized carbons (Fsp3) is 0.0435. The first-order valence-electron chi connectivity index (χ1n) is 9.95. The van der Waals surface area contributed by atoms with Crippen LogP contribution in [0.25, 0.3) is 28.4 Å². The Bertz CT molecular complexity index is 1550. The largest absolute Gasteiger partial charge is 0.494 e. The van der Waals surface area contributed by atoms with Gasteiger partial charge in [-0.3, -0.25) is 4.79 Å². The number of halogens is 3. The minimum atomic E-state index is -0.608. The second-order valence-corrected chi connectivity index (χ2v) is 8.35. The summed E-state index contributed by atoms with van der Waals surface area (Å²) >= 11 is 9.71. The molecule has 0 aliphatic rings. The number of amides is 1. The molecule has 5 rings (SSSR count). The molecule has 0 unspecified atom stereocenters. The number of methoxy groups -OCH3 is 1. The molecule has 0 saturated heterocycles. The molecule has 0 atom stereocenters. The molecule has 2 aromatic carbocycles. The van der Waals surface area contributed by atoms with E-state index < -0.39 is 11.7 Å². The van der Waals surface area contributed by atoms with Crippen LogP contribution in [-0.4, -0.2) is 37.7 Å². The number of para-hydroxylation sites is 2. The molecule has 0 radical (unpaired) electrons. The van der Waals surface area contributed by atoms with E-state index in [1.807, 2.05) is 0 Å². The molecule has 0 aliphatic heterocycles. The highest BCUT2D eigenvalue weighted by Crippen LogP contribution is 2.31. The number of aromatic nitrogens is 5. The Morgan fingerprint density at radius 3 is 2.82 bits per heavy atom. The van der Waals surface area contributed by atoms with Gasteiger partial charge in [0.15, 0.2) is 17.5 Å². The zero-order valence-corrected chi connectivity index (χ0v) is 19.9. The van der Waals surface area contributed by atoms with Crippen LogP contribution in [-0.2, 0) is 0 Å². The molecule has 3 heterocycles. The van der Waals surface area contributed by atoms with Crippen molar-refractivity contribution in [2.45, 2.75) is 0 Å². The third-order valence-electron chi connectivity index (χ3n) is 5.05. The summed E-state index contributed by atoms with van der Waals surface area (Å²) in [6.45, 7) is 0. The van der Waals surface area contributed by atoms with Crippen LogP contribution in [0.1, 0.15) is 10.4 Å². The van der Waals surface area contributed by atoms with Crippen molar-refractivity contribution < 1.29 is 13.9 Å². The van der Waals surface area contributed by atoms with Gasteiger partial charge in [0.05, 0.1) is 23.2 Å². The van der Waals surface area contributed by atoms with Gasteiger partial charge in [-0.15, -0.1) is 0 Å². The predicted octanol–water partition coefficient (Wildman–Crippen LogP) is 5.63. The van der Waals surface area contributed by atoms with Gasteiger partial charge < -0.3 is 15.0 Å². The lowest BCUT2D eigenvalue weighted by Crippen LogP contribution is -2.14. The molecule has 34 heavy (non-hydrogen) atoms. The number of nitrogens with zero attached hydrogens (tertiary/aromatic N) is 4. The van der Waals surface area contributed by atoms with Crippen molar-refractivity contribution in [2.75, 3.05) is 12.4 Å². The summed E-state index contributed by atoms with van der Waals surface area (Å²) in [5.41, 5.74) is 1.80. The maximum absolute atomic E-state index is 14.3. The van der Waals surface area contributed by atoms with Crippen LogP contribution >= 0.6 is 27.5 Å². The number of hydrogen-bond donors (Lipinski definition) is 2. The number of pyridine rings is 1. The Balaban J connectivity index is 1.58. The molecule has 0 spiro atoms. The fourth-order valence-electron chi connectivity index (χ4n) is 3.53. The summed E-state index contributed by atoms with van der Waals surface area (Å²) in [7, 11) is 1.40. The molecule has 0 aliphatic carbocycles. The number of ether oxygens (including phenoxy) is 1. The van der Waals surface area contributed by atoms with Crippen molar-refractivity contribution in [3.05, 3.63) is 81.8 Å². The number of carbonyl (C=O) groups excluding carboxylic acids is 1. The molecule has 11 heteroatoms. The topological polar surface area (TPSA) is 97.7 Å². The highest BCUT2D eigenvalue weighted by molar-refractivity contribution is 9.10. The normalized spacial score (nSPS) is 11.1. The molecule has 5 aromatic rings. The van der Waals surface area contributed by atoms with E-state index >= 15 is 0 Å². The number of rotatable bonds is 5. The third-order valence-corrected chi connectivity index (χ3v) is 5.74. The molecule has 1 amide bonds. The van der Waals surface area contributed by atoms with E-state index in [4.69, 9.17) is 16.3 Å². The van der Waals surface area contributed by atoms with Gasteiger partial charge >= 0.3 is 0 Å². The van der Waals surface area contributed by atoms with E-state index in [2.05, 4.69) is 41.3 Å². The molecular formula is C23H15BrClFN6O2. The average molecular weight is 542 g/mol. The van der Waals surface area contributed by atoms with E-state index in [1.54, 1.807) is 53.3 Å². The van der Waals surface area contributed by atoms with Crippen LogP contribution in [0.2, 0.25) is 5.02 Å². The number of fused-ring (bicyclic) bond motifs is 1. The summed E-state index contributed by atoms with van der Waals surface area (Å²) in [4.78, 5) is 25.3. The van der Waals surface area contributed by atoms with Crippen molar-refractivity contribution in [3.8, 4) is 23.1 Å². The maximum atomic E-state index is 14.3. The Morgan fingerprint density at radius 1 is 1.21 bits per heavy atom. The first kappa shape index (κ1) is 22.1. The lowest BCUT2D eigenvalue weighted by molar-refractivity contribution is 0.102. The average Bonchev–Trinajstić information content (AvgIpc) is 3.43. The lowest BCUT2D eigenvalue weighted by Gasteiger charge is -2.11. The number of imidazole rings is 1. The number of hydrogen-bond acceptors (Lipinski definition) is 5. The van der Waals surface area contributed by atoms with E-state index in [9.17, 15) is 9.18 Å². The molecule has 3 aromatic heterocycles. The first-order chi connectivity index (χ1) is 16.5. The number of aromatic amines is 1. The van der Waals surface area contributed by atoms with Gasteiger partial charge in [0.1, 0.15) is 27.3 Å². The standard InChI is InChI=1S/C23H15BrClFN6O2/c1-34-17-9-3-7-14(26)20(17)30-23(33)12-5-2-8-15-19(12)29-21(28-15)16-11-18(24)31-32(16)22-13(25)6-4-10-27-22/h2-11H,1H3,(H,28,29)(H,30,33). The van der Waals surface area contributed by atoms with Gasteiger partial charge in [-0.25, -0.2) is 19.0 Å². The summed E-state index contributed by atoms with van der Waals surface area (Å²) < 4.78 is 21.6. The smallest absolute Gasteiger partial charge is 0.258 e. The monoisotopic (exact) mass is 540 g/mol. The predicted molar refractivity (Wildman–Crippen MR) is 130 cm³/mol. The maximum Gasteiger partial charge on any atom is 0.258 e. The molecule has 2 N–H and O–H groups in total. The van der Waals surface area contributed by atoms with Crippen molar-refractivity contribution in [3.63, 3.8) is 0 Å². The van der Waals surface area contributed by atoms with E-state index in [-0.39, 0.29) is 17.0 Å². The second kappa shape index (κ2) is 8.88. The van der Waals surface area contributed by atoms with E-state index in [0.29, 0.717) is 38.0 Å². The second-order valence-electron chi connectivity index (χ2n) is 7.13. The van der Waals surface area contributed by atoms with Crippen LogP contribution in [0.15, 0.2) is 65.4 Å². The lowest BCUT2D eigenvalue weighted by atomic mass is 10.1. The zero-order valence-electron chi connectivity index (χ0n) is 17.5. The van der Waals surface area contributed by atoms with Gasteiger partial charge in [-0.1, -0.05) is 23.7 Å². The number of H-pyrrole nitrogens is 1. The highest BCUT2D eigenvalue weighted by atomic mass is 79.9. The molecular weight excluding hydrogens is 527 g/mol. The van der Waals surface area contributed by atoms with Crippen LogP contribution in [0.5, 0.6) is 5.75 Å². The minimum Gasteiger partial charge on any atom is -0.494 e. The fourth-order valence-corrected chi connectivity index (χ4v) is 4.11. The zero-order chi connectivity index (χ0) is 23.8. The Hall–Kier alpha value is -3.76. The molecule has 0 fully saturated rings. The SMILES string of the molecule is COc1cccc(F)c1NC(=O)c1cccc2[nH]c(-c3cc(Br)nn3-c3ncccc3Cl)nc12. The number of carbonyl (C=O) groups is 1. The summed E-state index contributed by atoms with van der Waals surface area (Å²) in [5.74, 6) is -0.0593. The summed E-state index contributed by atoms with van der Waals surface area (Å²) in [6, 6.07) is 14.6. The molecule has 0 bridgehead atoms. The highest BCUT2D eigenvalue weighted by Gasteiger charge is 2.21. The van der Waals surface area contributed by atoms with Crippen molar-refractivity contribution in [1.29, 1.82) is 0 Å². The Labute approximate surface area is 205 Å². The van der Waals surface area contributed by atoms with Crippen LogP contribution in [0.3, 0.4) is 0 Å². The summed E-state index contributed by atoms with van der Waals surface area (Å²) in [5, 5.41) is 7.42. The first-order valence-corrected chi connectivity index (χ1v) is 11.1. The Morgan fingerprint density at radius 2 is 2.03 bits per heavy atom. The van der Waals surface area contributed by atoms with Gasteiger partial charge in [0.2, 0.25) is 0 Å².